The summed E-state index contributed by atoms with van der Waals surface area (Å²) in [6.07, 6.45) is 8.95. The summed E-state index contributed by atoms with van der Waals surface area (Å²) < 4.78 is 2.07. The molecular formula is C21H22BrN5O2. The van der Waals surface area contributed by atoms with E-state index in [1.54, 1.807) is 12.3 Å². The van der Waals surface area contributed by atoms with E-state index < -0.39 is 11.5 Å². The van der Waals surface area contributed by atoms with Gasteiger partial charge in [0.1, 0.15) is 0 Å². The number of aryl methyl sites for hydroxylation is 3. The number of hydrogen-bond donors (Lipinski definition) is 1. The van der Waals surface area contributed by atoms with Crippen LogP contribution in [0.3, 0.4) is 0 Å². The average Bonchev–Trinajstić information content (AvgIpc) is 2.69. The molecule has 3 rings (SSSR count). The molecule has 150 valence electrons. The fourth-order valence-electron chi connectivity index (χ4n) is 2.89. The van der Waals surface area contributed by atoms with Gasteiger partial charge in [-0.3, -0.25) is 19.6 Å². The zero-order valence-corrected chi connectivity index (χ0v) is 17.9. The molecule has 0 saturated carbocycles. The number of nitrogens with one attached hydrogen (secondary N) is 1. The van der Waals surface area contributed by atoms with Crippen LogP contribution in [-0.2, 0) is 6.42 Å². The van der Waals surface area contributed by atoms with Crippen LogP contribution in [0.4, 0.5) is 5.95 Å². The Balaban J connectivity index is 1.63. The fourth-order valence-corrected chi connectivity index (χ4v) is 3.56. The number of halogens is 1. The first-order chi connectivity index (χ1) is 14.0. The summed E-state index contributed by atoms with van der Waals surface area (Å²) in [4.78, 5) is 37.8. The van der Waals surface area contributed by atoms with Crippen molar-refractivity contribution in [2.45, 2.75) is 33.1 Å². The Bertz CT molecular complexity index is 1080. The van der Waals surface area contributed by atoms with E-state index >= 15 is 0 Å². The van der Waals surface area contributed by atoms with Crippen molar-refractivity contribution < 1.29 is 4.79 Å². The molecule has 3 aromatic rings. The number of unbranched alkanes of at least 4 members (excludes halogenated alkanes) is 1. The maximum absolute atomic E-state index is 12.8. The van der Waals surface area contributed by atoms with Crippen LogP contribution < -0.4 is 10.9 Å². The smallest absolute Gasteiger partial charge is 0.269 e. The first kappa shape index (κ1) is 20.9. The summed E-state index contributed by atoms with van der Waals surface area (Å²) in [5.74, 6) is -0.215. The molecule has 0 atom stereocenters. The van der Waals surface area contributed by atoms with Gasteiger partial charge in [0.05, 0.1) is 11.3 Å². The second kappa shape index (κ2) is 9.56. The zero-order valence-electron chi connectivity index (χ0n) is 16.4. The lowest BCUT2D eigenvalue weighted by molar-refractivity contribution is 0.0957. The van der Waals surface area contributed by atoms with Crippen LogP contribution in [-0.4, -0.2) is 32.0 Å². The van der Waals surface area contributed by atoms with Gasteiger partial charge in [0.15, 0.2) is 0 Å². The number of carbonyl (C=O) groups is 1. The largest absolute Gasteiger partial charge is 0.355 e. The first-order valence-electron chi connectivity index (χ1n) is 9.35. The maximum Gasteiger partial charge on any atom is 0.269 e. The first-order valence-corrected chi connectivity index (χ1v) is 10.1. The fraction of sp³-hybridized carbons (Fsp3) is 0.286. The van der Waals surface area contributed by atoms with Gasteiger partial charge < -0.3 is 5.32 Å². The van der Waals surface area contributed by atoms with Gasteiger partial charge in [-0.1, -0.05) is 0 Å². The van der Waals surface area contributed by atoms with E-state index in [1.807, 2.05) is 20.0 Å². The number of aromatic nitrogens is 4. The predicted octanol–water partition coefficient (Wildman–Crippen LogP) is 3.54. The second-order valence-corrected chi connectivity index (χ2v) is 7.68. The molecule has 0 aromatic carbocycles. The summed E-state index contributed by atoms with van der Waals surface area (Å²) in [5.41, 5.74) is 2.90. The van der Waals surface area contributed by atoms with Crippen LogP contribution in [0.15, 0.2) is 52.3 Å². The van der Waals surface area contributed by atoms with Crippen LogP contribution in [0.2, 0.25) is 0 Å². The number of pyridine rings is 2. The molecule has 0 unspecified atom stereocenters. The molecule has 0 spiro atoms. The minimum Gasteiger partial charge on any atom is -0.355 e. The predicted molar refractivity (Wildman–Crippen MR) is 115 cm³/mol. The monoisotopic (exact) mass is 455 g/mol. The third-order valence-corrected chi connectivity index (χ3v) is 5.04. The summed E-state index contributed by atoms with van der Waals surface area (Å²) in [6.45, 7) is 4.43. The van der Waals surface area contributed by atoms with Crippen molar-refractivity contribution in [3.63, 3.8) is 0 Å². The van der Waals surface area contributed by atoms with Crippen LogP contribution in [0.1, 0.15) is 40.0 Å². The molecule has 0 radical (unpaired) electrons. The van der Waals surface area contributed by atoms with Gasteiger partial charge in [0.25, 0.3) is 11.5 Å². The summed E-state index contributed by atoms with van der Waals surface area (Å²) in [6, 6.07) is 5.02. The average molecular weight is 456 g/mol. The lowest BCUT2D eigenvalue weighted by Crippen LogP contribution is -2.30. The molecule has 0 bridgehead atoms. The lowest BCUT2D eigenvalue weighted by atomic mass is 10.1. The highest BCUT2D eigenvalue weighted by molar-refractivity contribution is 9.10. The van der Waals surface area contributed by atoms with E-state index in [2.05, 4.69) is 42.3 Å². The summed E-state index contributed by atoms with van der Waals surface area (Å²) >= 11 is 3.54. The van der Waals surface area contributed by atoms with Crippen LogP contribution in [0.5, 0.6) is 0 Å². The van der Waals surface area contributed by atoms with E-state index in [1.165, 1.54) is 18.5 Å². The second-order valence-electron chi connectivity index (χ2n) is 6.82. The Morgan fingerprint density at radius 3 is 2.66 bits per heavy atom. The van der Waals surface area contributed by atoms with E-state index in [-0.39, 0.29) is 5.95 Å². The Kier molecular flexibility index (Phi) is 6.87. The molecule has 0 fully saturated rings. The molecule has 0 aliphatic heterocycles. The molecule has 7 nitrogen and oxygen atoms in total. The molecule has 0 saturated heterocycles. The number of carbonyl (C=O) groups excluding carboxylic acids is 1. The van der Waals surface area contributed by atoms with Crippen LogP contribution in [0.25, 0.3) is 0 Å². The van der Waals surface area contributed by atoms with E-state index in [9.17, 15) is 9.59 Å². The van der Waals surface area contributed by atoms with Crippen molar-refractivity contribution in [2.75, 3.05) is 11.9 Å². The number of anilines is 1. The summed E-state index contributed by atoms with van der Waals surface area (Å²) in [5, 5.41) is 3.11. The van der Waals surface area contributed by atoms with E-state index in [4.69, 9.17) is 0 Å². The lowest BCUT2D eigenvalue weighted by Gasteiger charge is -2.12. The van der Waals surface area contributed by atoms with Crippen LogP contribution >= 0.6 is 15.9 Å². The van der Waals surface area contributed by atoms with Crippen molar-refractivity contribution >= 4 is 27.8 Å². The zero-order chi connectivity index (χ0) is 20.8. The molecule has 0 aliphatic rings. The SMILES string of the molecule is Cc1cncc(C(=O)n2c(NCCCCc3ncc(C)cc3Br)nccc2=O)c1. The molecule has 3 heterocycles. The quantitative estimate of drug-likeness (QED) is 0.547. The molecular weight excluding hydrogens is 434 g/mol. The van der Waals surface area contributed by atoms with Gasteiger partial charge in [0, 0.05) is 41.9 Å². The third-order valence-electron chi connectivity index (χ3n) is 4.35. The van der Waals surface area contributed by atoms with E-state index in [0.717, 1.165) is 45.1 Å². The highest BCUT2D eigenvalue weighted by Crippen LogP contribution is 2.17. The van der Waals surface area contributed by atoms with Gasteiger partial charge in [0.2, 0.25) is 5.95 Å². The summed E-state index contributed by atoms with van der Waals surface area (Å²) in [7, 11) is 0. The van der Waals surface area contributed by atoms with Crippen molar-refractivity contribution in [3.8, 4) is 0 Å². The van der Waals surface area contributed by atoms with Gasteiger partial charge in [-0.25, -0.2) is 9.55 Å². The highest BCUT2D eigenvalue weighted by Gasteiger charge is 2.15. The van der Waals surface area contributed by atoms with Crippen LogP contribution in [0, 0.1) is 13.8 Å². The molecule has 0 aliphatic carbocycles. The molecule has 1 N–H and O–H groups in total. The van der Waals surface area contributed by atoms with Gasteiger partial charge in [-0.05, 0) is 72.3 Å². The Hall–Kier alpha value is -2.87. The third kappa shape index (κ3) is 5.35. The number of nitrogens with zero attached hydrogens (tertiary/aromatic N) is 4. The molecule has 29 heavy (non-hydrogen) atoms. The molecule has 0 amide bonds. The number of hydrogen-bond acceptors (Lipinski definition) is 6. The standard InChI is InChI=1S/C21H22BrN5O2/c1-14-9-16(13-23-11-14)20(29)27-19(28)6-8-25-21(27)24-7-4-3-5-18-17(22)10-15(2)12-26-18/h6,8-13H,3-5,7H2,1-2H3,(H,24,25). The van der Waals surface area contributed by atoms with Crippen molar-refractivity contribution in [2.24, 2.45) is 0 Å². The van der Waals surface area contributed by atoms with E-state index in [0.29, 0.717) is 12.1 Å². The molecule has 3 aromatic heterocycles. The van der Waals surface area contributed by atoms with Gasteiger partial charge in [-0.15, -0.1) is 0 Å². The maximum atomic E-state index is 12.8. The van der Waals surface area contributed by atoms with Gasteiger partial charge >= 0.3 is 0 Å². The Morgan fingerprint density at radius 1 is 1.10 bits per heavy atom. The normalized spacial score (nSPS) is 10.7. The number of rotatable bonds is 7. The minimum absolute atomic E-state index is 0.235. The van der Waals surface area contributed by atoms with Gasteiger partial charge in [-0.2, -0.15) is 0 Å². The van der Waals surface area contributed by atoms with Crippen molar-refractivity contribution in [1.29, 1.82) is 0 Å². The van der Waals surface area contributed by atoms with Crippen molar-refractivity contribution in [1.82, 2.24) is 19.5 Å². The topological polar surface area (TPSA) is 89.8 Å². The Morgan fingerprint density at radius 2 is 1.90 bits per heavy atom. The Labute approximate surface area is 177 Å². The minimum atomic E-state index is -0.449. The molecule has 8 heteroatoms. The highest BCUT2D eigenvalue weighted by atomic mass is 79.9. The van der Waals surface area contributed by atoms with Crippen molar-refractivity contribution in [3.05, 3.63) is 80.2 Å².